The van der Waals surface area contributed by atoms with E-state index >= 15 is 0 Å². The third kappa shape index (κ3) is 4.32. The number of amides is 1. The molecule has 0 saturated heterocycles. The van der Waals surface area contributed by atoms with Crippen LogP contribution in [0.25, 0.3) is 0 Å². The van der Waals surface area contributed by atoms with Gasteiger partial charge in [-0.15, -0.1) is 11.3 Å². The number of hydrogen-bond acceptors (Lipinski definition) is 5. The Morgan fingerprint density at radius 2 is 1.81 bits per heavy atom. The van der Waals surface area contributed by atoms with Crippen molar-refractivity contribution in [3.8, 4) is 5.75 Å². The fourth-order valence-corrected chi connectivity index (χ4v) is 2.45. The van der Waals surface area contributed by atoms with Gasteiger partial charge < -0.3 is 14.8 Å². The van der Waals surface area contributed by atoms with E-state index in [1.54, 1.807) is 12.1 Å². The van der Waals surface area contributed by atoms with Gasteiger partial charge in [-0.25, -0.2) is 4.79 Å². The van der Waals surface area contributed by atoms with Gasteiger partial charge >= 0.3 is 5.97 Å². The molecule has 5 nitrogen and oxygen atoms in total. The first kappa shape index (κ1) is 15.1. The summed E-state index contributed by atoms with van der Waals surface area (Å²) < 4.78 is 10.1. The Hall–Kier alpha value is -2.34. The summed E-state index contributed by atoms with van der Waals surface area (Å²) in [6.45, 7) is 0.768. The average molecular weight is 305 g/mol. The highest BCUT2D eigenvalue weighted by Gasteiger charge is 2.13. The fourth-order valence-electron chi connectivity index (χ4n) is 1.61. The third-order valence-electron chi connectivity index (χ3n) is 2.62. The Morgan fingerprint density at radius 1 is 1.10 bits per heavy atom. The number of hydrogen-bond donors (Lipinski definition) is 1. The fraction of sp³-hybridized carbons (Fsp3) is 0.200. The number of carbonyl (C=O) groups excluding carboxylic acids is 2. The highest BCUT2D eigenvalue weighted by atomic mass is 32.1. The van der Waals surface area contributed by atoms with E-state index in [-0.39, 0.29) is 5.91 Å². The molecule has 2 aromatic rings. The van der Waals surface area contributed by atoms with Crippen molar-refractivity contribution in [2.45, 2.75) is 0 Å². The zero-order valence-corrected chi connectivity index (χ0v) is 12.3. The van der Waals surface area contributed by atoms with Crippen LogP contribution in [0.15, 0.2) is 42.5 Å². The molecule has 1 aromatic heterocycles. The molecule has 2 rings (SSSR count). The monoisotopic (exact) mass is 305 g/mol. The second-order valence-corrected chi connectivity index (χ2v) is 5.16. The molecule has 0 unspecified atom stereocenters. The van der Waals surface area contributed by atoms with Crippen LogP contribution in [0.3, 0.4) is 0 Å². The van der Waals surface area contributed by atoms with Crippen molar-refractivity contribution in [3.63, 3.8) is 0 Å². The van der Waals surface area contributed by atoms with Crippen LogP contribution in [0.5, 0.6) is 5.75 Å². The minimum Gasteiger partial charge on any atom is -0.492 e. The van der Waals surface area contributed by atoms with Gasteiger partial charge in [-0.05, 0) is 24.3 Å². The first-order valence-electron chi connectivity index (χ1n) is 6.35. The lowest BCUT2D eigenvalue weighted by atomic mass is 10.3. The largest absolute Gasteiger partial charge is 0.492 e. The molecule has 21 heavy (non-hydrogen) atoms. The standard InChI is InChI=1S/C15H15NO4S/c1-19-15(18)13-8-7-12(21-13)14(17)16-9-10-20-11-5-3-2-4-6-11/h2-8H,9-10H2,1H3,(H,16,17). The normalized spacial score (nSPS) is 9.95. The Bertz CT molecular complexity index is 609. The van der Waals surface area contributed by atoms with E-state index in [0.717, 1.165) is 17.1 Å². The number of thiophene rings is 1. The average Bonchev–Trinajstić information content (AvgIpc) is 3.01. The maximum absolute atomic E-state index is 11.9. The van der Waals surface area contributed by atoms with E-state index in [1.165, 1.54) is 7.11 Å². The SMILES string of the molecule is COC(=O)c1ccc(C(=O)NCCOc2ccccc2)s1. The Balaban J connectivity index is 1.77. The first-order valence-corrected chi connectivity index (χ1v) is 7.16. The van der Waals surface area contributed by atoms with Crippen molar-refractivity contribution in [1.82, 2.24) is 5.32 Å². The van der Waals surface area contributed by atoms with E-state index in [9.17, 15) is 9.59 Å². The van der Waals surface area contributed by atoms with E-state index in [1.807, 2.05) is 30.3 Å². The zero-order valence-electron chi connectivity index (χ0n) is 11.5. The smallest absolute Gasteiger partial charge is 0.348 e. The van der Waals surface area contributed by atoms with Gasteiger partial charge in [0.1, 0.15) is 17.2 Å². The van der Waals surface area contributed by atoms with Gasteiger partial charge in [0.05, 0.1) is 18.5 Å². The Labute approximate surface area is 126 Å². The van der Waals surface area contributed by atoms with Crippen LogP contribution in [0, 0.1) is 0 Å². The summed E-state index contributed by atoms with van der Waals surface area (Å²) in [7, 11) is 1.31. The quantitative estimate of drug-likeness (QED) is 0.657. The van der Waals surface area contributed by atoms with Crippen molar-refractivity contribution in [2.75, 3.05) is 20.3 Å². The van der Waals surface area contributed by atoms with E-state index < -0.39 is 5.97 Å². The third-order valence-corrected chi connectivity index (χ3v) is 3.68. The van der Waals surface area contributed by atoms with Crippen molar-refractivity contribution >= 4 is 23.2 Å². The number of ether oxygens (including phenoxy) is 2. The second kappa shape index (κ2) is 7.44. The molecule has 1 amide bonds. The van der Waals surface area contributed by atoms with Gasteiger partial charge in [-0.1, -0.05) is 18.2 Å². The van der Waals surface area contributed by atoms with Crippen LogP contribution < -0.4 is 10.1 Å². The van der Waals surface area contributed by atoms with Gasteiger partial charge in [0.2, 0.25) is 0 Å². The van der Waals surface area contributed by atoms with Crippen LogP contribution in [0.2, 0.25) is 0 Å². The van der Waals surface area contributed by atoms with Crippen LogP contribution in [0.1, 0.15) is 19.3 Å². The van der Waals surface area contributed by atoms with E-state index in [4.69, 9.17) is 4.74 Å². The summed E-state index contributed by atoms with van der Waals surface area (Å²) >= 11 is 1.10. The lowest BCUT2D eigenvalue weighted by Gasteiger charge is -2.06. The van der Waals surface area contributed by atoms with Gasteiger partial charge in [0.15, 0.2) is 0 Å². The Morgan fingerprint density at radius 3 is 2.52 bits per heavy atom. The topological polar surface area (TPSA) is 64.6 Å². The Kier molecular flexibility index (Phi) is 5.34. The van der Waals surface area contributed by atoms with Gasteiger partial charge in [0, 0.05) is 0 Å². The van der Waals surface area contributed by atoms with Crippen LogP contribution in [-0.4, -0.2) is 32.1 Å². The molecule has 0 atom stereocenters. The van der Waals surface area contributed by atoms with Crippen molar-refractivity contribution in [1.29, 1.82) is 0 Å². The highest BCUT2D eigenvalue weighted by Crippen LogP contribution is 2.17. The number of benzene rings is 1. The molecule has 0 fully saturated rings. The number of esters is 1. The summed E-state index contributed by atoms with van der Waals surface area (Å²) in [6, 6.07) is 12.6. The maximum atomic E-state index is 11.9. The molecule has 110 valence electrons. The number of para-hydroxylation sites is 1. The molecule has 0 aliphatic carbocycles. The second-order valence-electron chi connectivity index (χ2n) is 4.07. The minimum atomic E-state index is -0.438. The number of rotatable bonds is 6. The summed E-state index contributed by atoms with van der Waals surface area (Å²) in [5.41, 5.74) is 0. The molecule has 1 heterocycles. The number of carbonyl (C=O) groups is 2. The molecule has 0 spiro atoms. The maximum Gasteiger partial charge on any atom is 0.348 e. The summed E-state index contributed by atoms with van der Waals surface area (Å²) in [4.78, 5) is 24.0. The number of methoxy groups -OCH3 is 1. The van der Waals surface area contributed by atoms with Gasteiger partial charge in [-0.3, -0.25) is 4.79 Å². The summed E-state index contributed by atoms with van der Waals surface area (Å²) in [5.74, 6) is 0.0918. The van der Waals surface area contributed by atoms with Crippen LogP contribution in [-0.2, 0) is 4.74 Å². The van der Waals surface area contributed by atoms with Crippen molar-refractivity contribution in [2.24, 2.45) is 0 Å². The predicted molar refractivity (Wildman–Crippen MR) is 79.9 cm³/mol. The molecule has 6 heteroatoms. The summed E-state index contributed by atoms with van der Waals surface area (Å²) in [5, 5.41) is 2.73. The minimum absolute atomic E-state index is 0.230. The van der Waals surface area contributed by atoms with Crippen molar-refractivity contribution in [3.05, 3.63) is 52.2 Å². The predicted octanol–water partition coefficient (Wildman–Crippen LogP) is 2.34. The highest BCUT2D eigenvalue weighted by molar-refractivity contribution is 7.15. The molecule has 0 radical (unpaired) electrons. The van der Waals surface area contributed by atoms with Crippen LogP contribution in [0.4, 0.5) is 0 Å². The number of nitrogens with one attached hydrogen (secondary N) is 1. The van der Waals surface area contributed by atoms with Crippen molar-refractivity contribution < 1.29 is 19.1 Å². The molecule has 0 bridgehead atoms. The molecule has 0 aliphatic heterocycles. The first-order chi connectivity index (χ1) is 10.2. The molecule has 1 N–H and O–H groups in total. The molecule has 1 aromatic carbocycles. The van der Waals surface area contributed by atoms with Crippen LogP contribution >= 0.6 is 11.3 Å². The summed E-state index contributed by atoms with van der Waals surface area (Å²) in [6.07, 6.45) is 0. The van der Waals surface area contributed by atoms with Gasteiger partial charge in [-0.2, -0.15) is 0 Å². The van der Waals surface area contributed by atoms with Gasteiger partial charge in [0.25, 0.3) is 5.91 Å². The molecule has 0 saturated carbocycles. The van der Waals surface area contributed by atoms with E-state index in [2.05, 4.69) is 10.1 Å². The molecular weight excluding hydrogens is 290 g/mol. The lowest BCUT2D eigenvalue weighted by molar-refractivity contribution is 0.0606. The zero-order chi connectivity index (χ0) is 15.1. The van der Waals surface area contributed by atoms with E-state index in [0.29, 0.717) is 22.9 Å². The lowest BCUT2D eigenvalue weighted by Crippen LogP contribution is -2.27. The molecular formula is C15H15NO4S. The molecule has 0 aliphatic rings.